The Bertz CT molecular complexity index is 3470. The molecule has 0 fully saturated rings. The summed E-state index contributed by atoms with van der Waals surface area (Å²) in [7, 11) is 0. The van der Waals surface area contributed by atoms with Crippen LogP contribution in [-0.2, 0) is 0 Å². The maximum atomic E-state index is 9.49. The molecule has 0 unspecified atom stereocenters. The molecule has 0 atom stereocenters. The summed E-state index contributed by atoms with van der Waals surface area (Å²) in [5, 5.41) is 16.1. The Hall–Kier alpha value is -8.20. The summed E-state index contributed by atoms with van der Waals surface area (Å²) in [6, 6.07) is 68.9. The molecule has 5 nitrogen and oxygen atoms in total. The standard InChI is InChI=1S/C54H32N4O/c55-33-34-11-8-16-37(27-34)38-23-24-40-29-41(26-25-39(40)28-38)42-30-43(46-19-10-20-48-47-18-6-7-22-50(47)59-51(46)48)32-44(31-42)53-56-52(36-13-2-1-3-14-36)57-54(58-53)49-21-9-15-35-12-4-5-17-45(35)49/h1-32H. The second kappa shape index (κ2) is 14.1. The number of nitriles is 1. The fourth-order valence-corrected chi connectivity index (χ4v) is 8.19. The molecule has 9 aromatic carbocycles. The quantitative estimate of drug-likeness (QED) is 0.169. The van der Waals surface area contributed by atoms with Gasteiger partial charge in [-0.1, -0.05) is 146 Å². The zero-order chi connectivity index (χ0) is 39.3. The topological polar surface area (TPSA) is 75.6 Å². The van der Waals surface area contributed by atoms with Crippen LogP contribution in [0.4, 0.5) is 0 Å². The van der Waals surface area contributed by atoms with Gasteiger partial charge in [0.05, 0.1) is 11.6 Å². The first-order valence-electron chi connectivity index (χ1n) is 19.6. The minimum atomic E-state index is 0.576. The highest BCUT2D eigenvalue weighted by molar-refractivity contribution is 6.10. The van der Waals surface area contributed by atoms with Crippen molar-refractivity contribution in [3.05, 3.63) is 200 Å². The molecule has 0 aliphatic heterocycles. The van der Waals surface area contributed by atoms with Crippen LogP contribution < -0.4 is 0 Å². The molecule has 0 spiro atoms. The molecule has 0 saturated heterocycles. The third-order valence-corrected chi connectivity index (χ3v) is 11.1. The van der Waals surface area contributed by atoms with E-state index in [1.165, 1.54) is 0 Å². The van der Waals surface area contributed by atoms with Gasteiger partial charge in [0.15, 0.2) is 17.5 Å². The number of hydrogen-bond donors (Lipinski definition) is 0. The third-order valence-electron chi connectivity index (χ3n) is 11.1. The Labute approximate surface area is 340 Å². The van der Waals surface area contributed by atoms with Crippen molar-refractivity contribution >= 4 is 43.5 Å². The summed E-state index contributed by atoms with van der Waals surface area (Å²) >= 11 is 0. The number of aromatic nitrogens is 3. The number of para-hydroxylation sites is 2. The first-order valence-corrected chi connectivity index (χ1v) is 19.6. The molecule has 274 valence electrons. The molecule has 0 amide bonds. The van der Waals surface area contributed by atoms with E-state index in [4.69, 9.17) is 19.4 Å². The molecular weight excluding hydrogens is 721 g/mol. The largest absolute Gasteiger partial charge is 0.455 e. The van der Waals surface area contributed by atoms with E-state index < -0.39 is 0 Å². The Morgan fingerprint density at radius 2 is 0.932 bits per heavy atom. The van der Waals surface area contributed by atoms with Crippen molar-refractivity contribution in [1.82, 2.24) is 15.0 Å². The van der Waals surface area contributed by atoms with Gasteiger partial charge in [-0.3, -0.25) is 0 Å². The van der Waals surface area contributed by atoms with E-state index in [0.29, 0.717) is 23.0 Å². The maximum absolute atomic E-state index is 9.49. The average Bonchev–Trinajstić information content (AvgIpc) is 3.70. The van der Waals surface area contributed by atoms with E-state index in [-0.39, 0.29) is 0 Å². The predicted molar refractivity (Wildman–Crippen MR) is 239 cm³/mol. The van der Waals surface area contributed by atoms with Gasteiger partial charge in [-0.05, 0) is 97.9 Å². The van der Waals surface area contributed by atoms with Gasteiger partial charge in [-0.2, -0.15) is 5.26 Å². The lowest BCUT2D eigenvalue weighted by Crippen LogP contribution is -2.01. The Morgan fingerprint density at radius 1 is 0.356 bits per heavy atom. The highest BCUT2D eigenvalue weighted by Crippen LogP contribution is 2.40. The number of rotatable bonds is 6. The van der Waals surface area contributed by atoms with Crippen molar-refractivity contribution in [2.75, 3.05) is 0 Å². The van der Waals surface area contributed by atoms with E-state index in [9.17, 15) is 5.26 Å². The zero-order valence-corrected chi connectivity index (χ0v) is 31.7. The van der Waals surface area contributed by atoms with Gasteiger partial charge in [0.1, 0.15) is 11.2 Å². The molecule has 0 saturated carbocycles. The number of furan rings is 1. The van der Waals surface area contributed by atoms with Gasteiger partial charge in [0.25, 0.3) is 0 Å². The van der Waals surface area contributed by atoms with E-state index in [0.717, 1.165) is 93.6 Å². The molecule has 0 bridgehead atoms. The van der Waals surface area contributed by atoms with Crippen molar-refractivity contribution < 1.29 is 4.42 Å². The van der Waals surface area contributed by atoms with Crippen molar-refractivity contribution in [3.8, 4) is 73.6 Å². The second-order valence-electron chi connectivity index (χ2n) is 14.7. The fraction of sp³-hybridized carbons (Fsp3) is 0. The van der Waals surface area contributed by atoms with Gasteiger partial charge in [-0.25, -0.2) is 15.0 Å². The molecule has 0 N–H and O–H groups in total. The number of nitrogens with zero attached hydrogens (tertiary/aromatic N) is 4. The van der Waals surface area contributed by atoms with Crippen molar-refractivity contribution in [1.29, 1.82) is 5.26 Å². The highest BCUT2D eigenvalue weighted by Gasteiger charge is 2.18. The van der Waals surface area contributed by atoms with Crippen LogP contribution in [0, 0.1) is 11.3 Å². The normalized spacial score (nSPS) is 11.4. The SMILES string of the molecule is N#Cc1cccc(-c2ccc3cc(-c4cc(-c5nc(-c6ccccc6)nc(-c6cccc7ccccc67)n5)cc(-c5cccc6c5oc5ccccc56)c4)ccc3c2)c1. The van der Waals surface area contributed by atoms with Crippen LogP contribution in [0.1, 0.15) is 5.56 Å². The molecule has 2 aromatic heterocycles. The predicted octanol–water partition coefficient (Wildman–Crippen LogP) is 14.0. The van der Waals surface area contributed by atoms with Crippen molar-refractivity contribution in [2.45, 2.75) is 0 Å². The van der Waals surface area contributed by atoms with E-state index in [2.05, 4.69) is 127 Å². The minimum absolute atomic E-state index is 0.576. The summed E-state index contributed by atoms with van der Waals surface area (Å²) in [6.07, 6.45) is 0. The summed E-state index contributed by atoms with van der Waals surface area (Å²) in [5.41, 5.74) is 11.2. The molecule has 0 aliphatic rings. The minimum Gasteiger partial charge on any atom is -0.455 e. The van der Waals surface area contributed by atoms with Crippen LogP contribution in [0.25, 0.3) is 111 Å². The van der Waals surface area contributed by atoms with E-state index in [1.54, 1.807) is 0 Å². The van der Waals surface area contributed by atoms with Gasteiger partial charge < -0.3 is 4.42 Å². The maximum Gasteiger partial charge on any atom is 0.164 e. The van der Waals surface area contributed by atoms with E-state index >= 15 is 0 Å². The third kappa shape index (κ3) is 6.17. The molecule has 0 aliphatic carbocycles. The summed E-state index contributed by atoms with van der Waals surface area (Å²) in [5.74, 6) is 1.79. The van der Waals surface area contributed by atoms with Crippen molar-refractivity contribution in [3.63, 3.8) is 0 Å². The highest BCUT2D eigenvalue weighted by atomic mass is 16.3. The summed E-state index contributed by atoms with van der Waals surface area (Å²) in [6.45, 7) is 0. The summed E-state index contributed by atoms with van der Waals surface area (Å²) in [4.78, 5) is 15.5. The summed E-state index contributed by atoms with van der Waals surface area (Å²) < 4.78 is 6.58. The smallest absolute Gasteiger partial charge is 0.164 e. The van der Waals surface area contributed by atoms with Gasteiger partial charge in [-0.15, -0.1) is 0 Å². The lowest BCUT2D eigenvalue weighted by atomic mass is 9.93. The Kier molecular flexibility index (Phi) is 8.13. The van der Waals surface area contributed by atoms with Crippen LogP contribution in [0.3, 0.4) is 0 Å². The zero-order valence-electron chi connectivity index (χ0n) is 31.7. The molecule has 11 rings (SSSR count). The monoisotopic (exact) mass is 752 g/mol. The molecule has 0 radical (unpaired) electrons. The molecule has 59 heavy (non-hydrogen) atoms. The number of benzene rings is 9. The molecule has 2 heterocycles. The van der Waals surface area contributed by atoms with Crippen molar-refractivity contribution in [2.24, 2.45) is 0 Å². The molecular formula is C54H32N4O. The second-order valence-corrected chi connectivity index (χ2v) is 14.7. The van der Waals surface area contributed by atoms with E-state index in [1.807, 2.05) is 72.8 Å². The van der Waals surface area contributed by atoms with Crippen LogP contribution in [0.2, 0.25) is 0 Å². The lowest BCUT2D eigenvalue weighted by Gasteiger charge is -2.14. The fourth-order valence-electron chi connectivity index (χ4n) is 8.19. The van der Waals surface area contributed by atoms with Crippen LogP contribution in [-0.4, -0.2) is 15.0 Å². The molecule has 11 aromatic rings. The average molecular weight is 753 g/mol. The first kappa shape index (κ1) is 34.1. The Balaban J connectivity index is 1.13. The molecule has 5 heteroatoms. The first-order chi connectivity index (χ1) is 29.1. The number of hydrogen-bond acceptors (Lipinski definition) is 5. The van der Waals surface area contributed by atoms with Gasteiger partial charge in [0, 0.05) is 33.0 Å². The van der Waals surface area contributed by atoms with Crippen LogP contribution in [0.15, 0.2) is 199 Å². The number of fused-ring (bicyclic) bond motifs is 5. The van der Waals surface area contributed by atoms with Crippen LogP contribution >= 0.6 is 0 Å². The van der Waals surface area contributed by atoms with Gasteiger partial charge >= 0.3 is 0 Å². The lowest BCUT2D eigenvalue weighted by molar-refractivity contribution is 0.670. The van der Waals surface area contributed by atoms with Crippen LogP contribution in [0.5, 0.6) is 0 Å². The Morgan fingerprint density at radius 3 is 1.76 bits per heavy atom. The van der Waals surface area contributed by atoms with Gasteiger partial charge in [0.2, 0.25) is 0 Å².